The maximum absolute atomic E-state index is 5.32. The third-order valence-corrected chi connectivity index (χ3v) is 3.02. The molecule has 0 fully saturated rings. The van der Waals surface area contributed by atoms with E-state index < -0.39 is 0 Å². The first-order valence-electron chi connectivity index (χ1n) is 6.56. The Labute approximate surface area is 125 Å². The zero-order chi connectivity index (χ0) is 14.2. The number of hydrogen-bond acceptors (Lipinski definition) is 2. The van der Waals surface area contributed by atoms with Crippen LogP contribution in [0.2, 0.25) is 0 Å². The lowest BCUT2D eigenvalue weighted by Gasteiger charge is -2.08. The number of thiocarbonyl (C=S) groups is 1. The topological polar surface area (TPSA) is 24.1 Å². The lowest BCUT2D eigenvalue weighted by atomic mass is 10.2. The maximum Gasteiger partial charge on any atom is 0.105 e. The van der Waals surface area contributed by atoms with E-state index in [1.165, 1.54) is 5.56 Å². The van der Waals surface area contributed by atoms with Crippen LogP contribution in [-0.2, 0) is 6.54 Å². The lowest BCUT2D eigenvalue weighted by Crippen LogP contribution is -2.14. The van der Waals surface area contributed by atoms with Crippen molar-refractivity contribution in [3.8, 4) is 0 Å². The predicted molar refractivity (Wildman–Crippen MR) is 89.7 cm³/mol. The molecular formula is C17H18N2S. The van der Waals surface area contributed by atoms with E-state index in [-0.39, 0.29) is 0 Å². The van der Waals surface area contributed by atoms with Crippen LogP contribution in [0.4, 0.5) is 5.69 Å². The first kappa shape index (κ1) is 14.3. The summed E-state index contributed by atoms with van der Waals surface area (Å²) < 4.78 is 0. The van der Waals surface area contributed by atoms with E-state index in [1.54, 1.807) is 0 Å². The molecule has 102 valence electrons. The molecule has 0 aliphatic carbocycles. The molecule has 2 aromatic carbocycles. The number of hydrogen-bond donors (Lipinski definition) is 2. The maximum atomic E-state index is 5.32. The van der Waals surface area contributed by atoms with Gasteiger partial charge >= 0.3 is 0 Å². The quantitative estimate of drug-likeness (QED) is 0.637. The van der Waals surface area contributed by atoms with Crippen LogP contribution in [-0.4, -0.2) is 4.99 Å². The van der Waals surface area contributed by atoms with Gasteiger partial charge in [-0.2, -0.15) is 0 Å². The molecule has 2 rings (SSSR count). The molecule has 0 unspecified atom stereocenters. The zero-order valence-electron chi connectivity index (χ0n) is 11.5. The van der Waals surface area contributed by atoms with Gasteiger partial charge in [-0.15, -0.1) is 0 Å². The number of rotatable bonds is 5. The van der Waals surface area contributed by atoms with Crippen molar-refractivity contribution in [2.75, 3.05) is 5.32 Å². The van der Waals surface area contributed by atoms with E-state index >= 15 is 0 Å². The van der Waals surface area contributed by atoms with Gasteiger partial charge in [0.15, 0.2) is 0 Å². The Morgan fingerprint density at radius 2 is 1.60 bits per heavy atom. The summed E-state index contributed by atoms with van der Waals surface area (Å²) in [5, 5.41) is 6.54. The largest absolute Gasteiger partial charge is 0.384 e. The molecule has 2 aromatic rings. The minimum Gasteiger partial charge on any atom is -0.384 e. The fourth-order valence-corrected chi connectivity index (χ4v) is 2.08. The molecule has 20 heavy (non-hydrogen) atoms. The van der Waals surface area contributed by atoms with Crippen LogP contribution in [0.5, 0.6) is 0 Å². The Bertz CT molecular complexity index is 576. The smallest absolute Gasteiger partial charge is 0.105 e. The van der Waals surface area contributed by atoms with Gasteiger partial charge in [-0.05, 0) is 30.7 Å². The van der Waals surface area contributed by atoms with Gasteiger partial charge in [-0.1, -0.05) is 60.7 Å². The average Bonchev–Trinajstić information content (AvgIpc) is 2.47. The van der Waals surface area contributed by atoms with E-state index in [0.717, 1.165) is 17.9 Å². The summed E-state index contributed by atoms with van der Waals surface area (Å²) >= 11 is 5.32. The van der Waals surface area contributed by atoms with Crippen molar-refractivity contribution in [3.05, 3.63) is 78.0 Å². The summed E-state index contributed by atoms with van der Waals surface area (Å²) in [6.45, 7) is 2.82. The monoisotopic (exact) mass is 282 g/mol. The van der Waals surface area contributed by atoms with Crippen molar-refractivity contribution in [1.82, 2.24) is 5.32 Å². The predicted octanol–water partition coefficient (Wildman–Crippen LogP) is 4.12. The second kappa shape index (κ2) is 7.46. The summed E-state index contributed by atoms with van der Waals surface area (Å²) in [5.74, 6) is 0. The summed E-state index contributed by atoms with van der Waals surface area (Å²) in [7, 11) is 0. The molecule has 0 aliphatic rings. The first-order valence-corrected chi connectivity index (χ1v) is 6.97. The van der Waals surface area contributed by atoms with E-state index in [2.05, 4.69) is 22.8 Å². The molecule has 2 nitrogen and oxygen atoms in total. The van der Waals surface area contributed by atoms with Gasteiger partial charge in [-0.25, -0.2) is 0 Å². The highest BCUT2D eigenvalue weighted by Gasteiger charge is 1.96. The SMILES string of the molecule is CC(=CC(=S)Nc1ccccc1)NCc1ccccc1. The molecule has 3 heteroatoms. The van der Waals surface area contributed by atoms with Gasteiger partial charge in [0, 0.05) is 17.9 Å². The Hall–Kier alpha value is -2.13. The molecule has 0 heterocycles. The molecule has 0 saturated heterocycles. The number of benzene rings is 2. The summed E-state index contributed by atoms with van der Waals surface area (Å²) in [6.07, 6.45) is 1.94. The molecule has 0 atom stereocenters. The molecule has 0 amide bonds. The fourth-order valence-electron chi connectivity index (χ4n) is 1.78. The highest BCUT2D eigenvalue weighted by molar-refractivity contribution is 7.81. The number of allylic oxidation sites excluding steroid dienone is 1. The molecule has 0 aromatic heterocycles. The van der Waals surface area contributed by atoms with Crippen LogP contribution in [0.25, 0.3) is 0 Å². The normalized spacial score (nSPS) is 10.9. The highest BCUT2D eigenvalue weighted by atomic mass is 32.1. The fraction of sp³-hybridized carbons (Fsp3) is 0.118. The van der Waals surface area contributed by atoms with E-state index in [4.69, 9.17) is 12.2 Å². The van der Waals surface area contributed by atoms with Gasteiger partial charge < -0.3 is 10.6 Å². The third kappa shape index (κ3) is 4.86. The van der Waals surface area contributed by atoms with Gasteiger partial charge in [0.2, 0.25) is 0 Å². The Kier molecular flexibility index (Phi) is 5.33. The van der Waals surface area contributed by atoms with Crippen molar-refractivity contribution in [3.63, 3.8) is 0 Å². The summed E-state index contributed by atoms with van der Waals surface area (Å²) in [4.78, 5) is 0.703. The summed E-state index contributed by atoms with van der Waals surface area (Å²) in [5.41, 5.74) is 3.30. The van der Waals surface area contributed by atoms with Gasteiger partial charge in [0.1, 0.15) is 4.99 Å². The third-order valence-electron chi connectivity index (χ3n) is 2.80. The first-order chi connectivity index (χ1) is 9.74. The van der Waals surface area contributed by atoms with Crippen molar-refractivity contribution < 1.29 is 0 Å². The molecule has 0 spiro atoms. The number of anilines is 1. The van der Waals surface area contributed by atoms with Crippen molar-refractivity contribution in [2.24, 2.45) is 0 Å². The van der Waals surface area contributed by atoms with Crippen LogP contribution in [0.1, 0.15) is 12.5 Å². The van der Waals surface area contributed by atoms with Crippen LogP contribution in [0.3, 0.4) is 0 Å². The Morgan fingerprint density at radius 3 is 2.25 bits per heavy atom. The minimum absolute atomic E-state index is 0.703. The highest BCUT2D eigenvalue weighted by Crippen LogP contribution is 2.06. The van der Waals surface area contributed by atoms with Crippen LogP contribution >= 0.6 is 12.2 Å². The lowest BCUT2D eigenvalue weighted by molar-refractivity contribution is 0.813. The van der Waals surface area contributed by atoms with Crippen molar-refractivity contribution >= 4 is 22.9 Å². The molecule has 0 saturated carbocycles. The van der Waals surface area contributed by atoms with E-state index in [0.29, 0.717) is 4.99 Å². The zero-order valence-corrected chi connectivity index (χ0v) is 12.3. The second-order valence-corrected chi connectivity index (χ2v) is 4.96. The van der Waals surface area contributed by atoms with Crippen LogP contribution < -0.4 is 10.6 Å². The van der Waals surface area contributed by atoms with Crippen molar-refractivity contribution in [1.29, 1.82) is 0 Å². The molecule has 2 N–H and O–H groups in total. The number of nitrogens with one attached hydrogen (secondary N) is 2. The standard InChI is InChI=1S/C17H18N2S/c1-14(18-13-15-8-4-2-5-9-15)12-17(20)19-16-10-6-3-7-11-16/h2-12,18H,13H2,1H3,(H,19,20). The summed E-state index contributed by atoms with van der Waals surface area (Å²) in [6, 6.07) is 20.2. The van der Waals surface area contributed by atoms with Gasteiger partial charge in [0.05, 0.1) is 0 Å². The Morgan fingerprint density at radius 1 is 1.00 bits per heavy atom. The average molecular weight is 282 g/mol. The second-order valence-electron chi connectivity index (χ2n) is 4.52. The van der Waals surface area contributed by atoms with E-state index in [1.807, 2.05) is 61.5 Å². The molecule has 0 bridgehead atoms. The molecule has 0 radical (unpaired) electrons. The number of para-hydroxylation sites is 1. The van der Waals surface area contributed by atoms with E-state index in [9.17, 15) is 0 Å². The van der Waals surface area contributed by atoms with Crippen molar-refractivity contribution in [2.45, 2.75) is 13.5 Å². The Balaban J connectivity index is 1.85. The molecule has 0 aliphatic heterocycles. The van der Waals surface area contributed by atoms with Crippen LogP contribution in [0.15, 0.2) is 72.4 Å². The minimum atomic E-state index is 0.703. The molecular weight excluding hydrogens is 264 g/mol. The van der Waals surface area contributed by atoms with Gasteiger partial charge in [0.25, 0.3) is 0 Å². The van der Waals surface area contributed by atoms with Crippen LogP contribution in [0, 0.1) is 0 Å². The van der Waals surface area contributed by atoms with Gasteiger partial charge in [-0.3, -0.25) is 0 Å².